The highest BCUT2D eigenvalue weighted by atomic mass is 32.3. The summed E-state index contributed by atoms with van der Waals surface area (Å²) in [5, 5.41) is 49.3. The lowest BCUT2D eigenvalue weighted by Gasteiger charge is -2.45. The molecule has 0 aromatic heterocycles. The molecule has 8 N–H and O–H groups in total. The van der Waals surface area contributed by atoms with E-state index in [4.69, 9.17) is 23.1 Å². The number of rotatable bonds is 10. The van der Waals surface area contributed by atoms with Gasteiger partial charge in [-0.05, 0) is 0 Å². The average molecular weight is 596 g/mol. The van der Waals surface area contributed by atoms with E-state index in [0.29, 0.717) is 0 Å². The van der Waals surface area contributed by atoms with E-state index in [1.807, 2.05) is 0 Å². The molecule has 2 aliphatic heterocycles. The van der Waals surface area contributed by atoms with Crippen molar-refractivity contribution < 1.29 is 96.0 Å². The van der Waals surface area contributed by atoms with Gasteiger partial charge in [0.25, 0.3) is 0 Å². The number of aliphatic hydroxyl groups excluding tert-OH is 4. The second-order valence-corrected chi connectivity index (χ2v) is 10.2. The van der Waals surface area contributed by atoms with Crippen LogP contribution in [0.4, 0.5) is 0 Å². The van der Waals surface area contributed by atoms with E-state index in [9.17, 15) is 55.6 Å². The van der Waals surface area contributed by atoms with E-state index in [1.165, 1.54) is 0 Å². The van der Waals surface area contributed by atoms with Crippen molar-refractivity contribution >= 4 is 37.2 Å². The van der Waals surface area contributed by atoms with Crippen molar-refractivity contribution in [2.45, 2.75) is 61.4 Å². The molecule has 0 aromatic rings. The molecule has 10 atom stereocenters. The van der Waals surface area contributed by atoms with Gasteiger partial charge in [-0.3, -0.25) is 13.7 Å². The molecule has 0 radical (unpaired) electrons. The second kappa shape index (κ2) is 11.3. The Bertz CT molecular complexity index is 1100. The highest BCUT2D eigenvalue weighted by molar-refractivity contribution is 7.81. The molecule has 0 aliphatic carbocycles. The van der Waals surface area contributed by atoms with Crippen molar-refractivity contribution in [1.82, 2.24) is 0 Å². The molecule has 0 aromatic carbocycles. The van der Waals surface area contributed by atoms with Gasteiger partial charge in [0.05, 0.1) is 6.61 Å². The topological polar surface area (TPSA) is 337 Å². The number of ether oxygens (including phenoxy) is 3. The van der Waals surface area contributed by atoms with Crippen LogP contribution in [0.2, 0.25) is 0 Å². The molecule has 0 bridgehead atoms. The van der Waals surface area contributed by atoms with Crippen LogP contribution in [0, 0.1) is 0 Å². The van der Waals surface area contributed by atoms with Crippen molar-refractivity contribution in [3.8, 4) is 0 Å². The van der Waals surface area contributed by atoms with Gasteiger partial charge in [-0.15, -0.1) is 0 Å². The van der Waals surface area contributed by atoms with Gasteiger partial charge in [-0.2, -0.15) is 25.3 Å². The number of hydrogen-bond acceptors (Lipinski definition) is 17. The summed E-state index contributed by atoms with van der Waals surface area (Å²) >= 11 is 0. The molecule has 21 nitrogen and oxygen atoms in total. The van der Waals surface area contributed by atoms with Crippen molar-refractivity contribution in [2.75, 3.05) is 6.61 Å². The molecule has 0 saturated carbocycles. The Hall–Kier alpha value is -1.20. The predicted molar refractivity (Wildman–Crippen MR) is 100 cm³/mol. The van der Waals surface area contributed by atoms with Crippen LogP contribution in [-0.2, 0) is 62.8 Å². The smallest absolute Gasteiger partial charge is 0.397 e. The molecule has 212 valence electrons. The van der Waals surface area contributed by atoms with Crippen LogP contribution in [0.5, 0.6) is 0 Å². The van der Waals surface area contributed by atoms with Crippen LogP contribution in [-0.4, -0.2) is 138 Å². The van der Waals surface area contributed by atoms with E-state index in [0.717, 1.165) is 0 Å². The van der Waals surface area contributed by atoms with Gasteiger partial charge in [0.2, 0.25) is 0 Å². The van der Waals surface area contributed by atoms with Crippen molar-refractivity contribution in [3.05, 3.63) is 0 Å². The molecule has 24 heteroatoms. The van der Waals surface area contributed by atoms with Gasteiger partial charge < -0.3 is 39.7 Å². The van der Waals surface area contributed by atoms with Crippen LogP contribution in [0.15, 0.2) is 0 Å². The zero-order chi connectivity index (χ0) is 27.8. The fraction of sp³-hybridized carbons (Fsp3) is 0.917. The first-order chi connectivity index (χ1) is 16.2. The first-order valence-electron chi connectivity index (χ1n) is 9.05. The standard InChI is InChI=1S/C12H20O21S3/c13-1-2-5(31-34(19,20)21)7(32-35(22,23)24)4(15)12(28-2)30-6-3(14)8(33-36(25,26)27)11(18)29-9(6)10(16)17/h2-9,11-15,18H,1H2,(H,16,17)(H,19,20,21)(H,22,23,24)(H,25,26,27)/t2-,3+,4-,5+,6+,7-,8-,9-,11?,12+/m1/s1. The van der Waals surface area contributed by atoms with E-state index >= 15 is 0 Å². The summed E-state index contributed by atoms with van der Waals surface area (Å²) in [6, 6.07) is 0. The van der Waals surface area contributed by atoms with Crippen LogP contribution in [0.25, 0.3) is 0 Å². The third kappa shape index (κ3) is 8.15. The molecule has 2 saturated heterocycles. The Balaban J connectivity index is 2.44. The summed E-state index contributed by atoms with van der Waals surface area (Å²) in [7, 11) is -16.4. The first-order valence-corrected chi connectivity index (χ1v) is 13.1. The number of aliphatic hydroxyl groups is 4. The summed E-state index contributed by atoms with van der Waals surface area (Å²) in [6.45, 7) is -1.28. The van der Waals surface area contributed by atoms with Gasteiger partial charge >= 0.3 is 37.2 Å². The fourth-order valence-corrected chi connectivity index (χ4v) is 4.76. The number of hydrogen-bond donors (Lipinski definition) is 8. The predicted octanol–water partition coefficient (Wildman–Crippen LogP) is -5.82. The van der Waals surface area contributed by atoms with Crippen LogP contribution in [0.1, 0.15) is 0 Å². The molecule has 0 amide bonds. The highest BCUT2D eigenvalue weighted by Gasteiger charge is 2.56. The third-order valence-electron chi connectivity index (χ3n) is 4.57. The Kier molecular flexibility index (Phi) is 9.71. The number of carboxylic acids is 1. The van der Waals surface area contributed by atoms with Crippen LogP contribution < -0.4 is 0 Å². The Labute approximate surface area is 201 Å². The Morgan fingerprint density at radius 2 is 1.19 bits per heavy atom. The Morgan fingerprint density at radius 1 is 0.722 bits per heavy atom. The number of carbonyl (C=O) groups is 1. The van der Waals surface area contributed by atoms with Gasteiger partial charge in [0.1, 0.15) is 36.6 Å². The van der Waals surface area contributed by atoms with E-state index in [2.05, 4.69) is 17.3 Å². The lowest BCUT2D eigenvalue weighted by Crippen LogP contribution is -2.66. The van der Waals surface area contributed by atoms with Crippen molar-refractivity contribution in [1.29, 1.82) is 0 Å². The van der Waals surface area contributed by atoms with Crippen molar-refractivity contribution in [2.24, 2.45) is 0 Å². The molecule has 2 rings (SSSR count). The minimum atomic E-state index is -5.53. The van der Waals surface area contributed by atoms with Crippen LogP contribution >= 0.6 is 0 Å². The summed E-state index contributed by atoms with van der Waals surface area (Å²) < 4.78 is 120. The molecular formula is C12H20O21S3. The van der Waals surface area contributed by atoms with Gasteiger partial charge in [0, 0.05) is 0 Å². The maximum atomic E-state index is 11.5. The molecule has 36 heavy (non-hydrogen) atoms. The largest absolute Gasteiger partial charge is 0.479 e. The molecule has 2 heterocycles. The molecule has 2 fully saturated rings. The first kappa shape index (κ1) is 31.0. The summed E-state index contributed by atoms with van der Waals surface area (Å²) in [5.74, 6) is -1.97. The fourth-order valence-electron chi connectivity index (χ4n) is 3.25. The SMILES string of the molecule is O=C(O)[C@@H]1OC(O)[C@H](OS(=O)(=O)O)[C@@H](O)[C@@H]1O[C@@H]1O[C@H](CO)[C@H](OS(=O)(=O)O)[C@H](OS(=O)(=O)O)[C@H]1O. The van der Waals surface area contributed by atoms with E-state index in [1.54, 1.807) is 0 Å². The highest BCUT2D eigenvalue weighted by Crippen LogP contribution is 2.33. The summed E-state index contributed by atoms with van der Waals surface area (Å²) in [6.07, 6.45) is -24.2. The molecule has 0 spiro atoms. The zero-order valence-corrected chi connectivity index (χ0v) is 19.5. The summed E-state index contributed by atoms with van der Waals surface area (Å²) in [4.78, 5) is 11.5. The molecular weight excluding hydrogens is 576 g/mol. The van der Waals surface area contributed by atoms with E-state index in [-0.39, 0.29) is 0 Å². The lowest BCUT2D eigenvalue weighted by molar-refractivity contribution is -0.345. The average Bonchev–Trinajstić information content (AvgIpc) is 2.68. The minimum Gasteiger partial charge on any atom is -0.479 e. The summed E-state index contributed by atoms with van der Waals surface area (Å²) in [5.41, 5.74) is 0. The van der Waals surface area contributed by atoms with Gasteiger partial charge in [-0.25, -0.2) is 17.3 Å². The van der Waals surface area contributed by atoms with Gasteiger partial charge in [-0.1, -0.05) is 0 Å². The maximum Gasteiger partial charge on any atom is 0.397 e. The third-order valence-corrected chi connectivity index (χ3v) is 5.96. The van der Waals surface area contributed by atoms with E-state index < -0.39 is 105 Å². The number of aliphatic carboxylic acids is 1. The number of carboxylic acid groups (broad SMARTS) is 1. The molecule has 1 unspecified atom stereocenters. The minimum absolute atomic E-state index is 1.28. The normalized spacial score (nSPS) is 38.5. The lowest BCUT2D eigenvalue weighted by atomic mass is 9.97. The second-order valence-electron chi connectivity index (χ2n) is 7.06. The van der Waals surface area contributed by atoms with Crippen molar-refractivity contribution in [3.63, 3.8) is 0 Å². The molecule has 2 aliphatic rings. The van der Waals surface area contributed by atoms with Crippen LogP contribution in [0.3, 0.4) is 0 Å². The monoisotopic (exact) mass is 596 g/mol. The maximum absolute atomic E-state index is 11.5. The Morgan fingerprint density at radius 3 is 1.64 bits per heavy atom. The van der Waals surface area contributed by atoms with Gasteiger partial charge in [0.15, 0.2) is 24.8 Å². The zero-order valence-electron chi connectivity index (χ0n) is 17.1. The quantitative estimate of drug-likeness (QED) is 0.109.